The molecule has 27 heavy (non-hydrogen) atoms. The summed E-state index contributed by atoms with van der Waals surface area (Å²) in [5.41, 5.74) is -0.464. The molecule has 0 fully saturated rings. The summed E-state index contributed by atoms with van der Waals surface area (Å²) in [7, 11) is 1.18. The van der Waals surface area contributed by atoms with E-state index >= 15 is 0 Å². The summed E-state index contributed by atoms with van der Waals surface area (Å²) < 4.78 is 59.0. The summed E-state index contributed by atoms with van der Waals surface area (Å²) >= 11 is 0. The van der Waals surface area contributed by atoms with Crippen molar-refractivity contribution in [2.45, 2.75) is 26.7 Å². The Morgan fingerprint density at radius 2 is 1.48 bits per heavy atom. The Labute approximate surface area is 157 Å². The third kappa shape index (κ3) is 7.61. The number of hydrogen-bond donors (Lipinski definition) is 1. The summed E-state index contributed by atoms with van der Waals surface area (Å²) in [6.07, 6.45) is 0.905. The fourth-order valence-electron chi connectivity index (χ4n) is 1.84. The van der Waals surface area contributed by atoms with Crippen LogP contribution in [-0.2, 0) is 4.74 Å². The zero-order chi connectivity index (χ0) is 21.3. The van der Waals surface area contributed by atoms with E-state index < -0.39 is 40.4 Å². The van der Waals surface area contributed by atoms with E-state index in [-0.39, 0.29) is 17.4 Å². The molecule has 0 aliphatic heterocycles. The molecular weight excluding hydrogens is 360 g/mol. The summed E-state index contributed by atoms with van der Waals surface area (Å²) in [6.45, 7) is 16.4. The molecule has 1 N–H and O–H groups in total. The van der Waals surface area contributed by atoms with E-state index in [4.69, 9.17) is 5.11 Å². The number of rotatable bonds is 9. The standard InChI is InChI=1S/C21H24F4O2/c1-12(9-11-14(3)18(22)20(24)16(5)26)8-10-13(2)15(4)19(23)21(25)17(6)27-7/h12-13,26H,3-6,8,10H2,1-2,7H3/b20-18-,21-19-. The third-order valence-corrected chi connectivity index (χ3v) is 3.77. The van der Waals surface area contributed by atoms with Gasteiger partial charge in [0.15, 0.2) is 17.5 Å². The summed E-state index contributed by atoms with van der Waals surface area (Å²) in [5.74, 6) is -2.28. The molecule has 0 aromatic carbocycles. The van der Waals surface area contributed by atoms with Gasteiger partial charge in [0, 0.05) is 5.92 Å². The Morgan fingerprint density at radius 1 is 0.926 bits per heavy atom. The molecule has 2 atom stereocenters. The van der Waals surface area contributed by atoms with Gasteiger partial charge in [0.25, 0.3) is 0 Å². The minimum atomic E-state index is -1.52. The van der Waals surface area contributed by atoms with Gasteiger partial charge >= 0.3 is 0 Å². The van der Waals surface area contributed by atoms with Gasteiger partial charge in [-0.3, -0.25) is 0 Å². The van der Waals surface area contributed by atoms with Crippen molar-refractivity contribution in [1.82, 2.24) is 0 Å². The number of aliphatic hydroxyl groups excluding tert-OH is 1. The average molecular weight is 384 g/mol. The van der Waals surface area contributed by atoms with Crippen LogP contribution in [-0.4, -0.2) is 12.2 Å². The summed E-state index contributed by atoms with van der Waals surface area (Å²) in [6, 6.07) is 0. The van der Waals surface area contributed by atoms with Crippen molar-refractivity contribution in [1.29, 1.82) is 0 Å². The first-order valence-corrected chi connectivity index (χ1v) is 8.05. The topological polar surface area (TPSA) is 29.5 Å². The van der Waals surface area contributed by atoms with Crippen LogP contribution < -0.4 is 0 Å². The van der Waals surface area contributed by atoms with Gasteiger partial charge in [-0.25, -0.2) is 8.78 Å². The monoisotopic (exact) mass is 384 g/mol. The van der Waals surface area contributed by atoms with Crippen LogP contribution >= 0.6 is 0 Å². The minimum Gasteiger partial charge on any atom is -0.505 e. The maximum absolute atomic E-state index is 14.0. The van der Waals surface area contributed by atoms with E-state index in [0.717, 1.165) is 0 Å². The van der Waals surface area contributed by atoms with E-state index in [2.05, 4.69) is 42.9 Å². The second kappa shape index (κ2) is 11.1. The van der Waals surface area contributed by atoms with Crippen molar-refractivity contribution in [2.75, 3.05) is 7.11 Å². The van der Waals surface area contributed by atoms with Crippen molar-refractivity contribution < 1.29 is 27.4 Å². The van der Waals surface area contributed by atoms with Crippen LogP contribution in [0.2, 0.25) is 0 Å². The van der Waals surface area contributed by atoms with E-state index in [1.54, 1.807) is 13.8 Å². The Hall–Kier alpha value is -2.68. The van der Waals surface area contributed by atoms with Crippen LogP contribution in [0.5, 0.6) is 0 Å². The van der Waals surface area contributed by atoms with E-state index in [0.29, 0.717) is 12.8 Å². The van der Waals surface area contributed by atoms with Crippen LogP contribution in [0.25, 0.3) is 0 Å². The van der Waals surface area contributed by atoms with Crippen LogP contribution in [0.1, 0.15) is 26.7 Å². The van der Waals surface area contributed by atoms with Gasteiger partial charge in [-0.1, -0.05) is 52.0 Å². The normalized spacial score (nSPS) is 14.6. The molecule has 0 heterocycles. The zero-order valence-electron chi connectivity index (χ0n) is 15.8. The Kier molecular flexibility index (Phi) is 10.0. The molecule has 0 radical (unpaired) electrons. The van der Waals surface area contributed by atoms with Crippen molar-refractivity contribution in [3.05, 3.63) is 72.3 Å². The first kappa shape index (κ1) is 24.3. The smallest absolute Gasteiger partial charge is 0.200 e. The van der Waals surface area contributed by atoms with Crippen LogP contribution in [0.3, 0.4) is 0 Å². The van der Waals surface area contributed by atoms with Gasteiger partial charge in [0.05, 0.1) is 12.7 Å². The summed E-state index contributed by atoms with van der Waals surface area (Å²) in [5, 5.41) is 8.81. The minimum absolute atomic E-state index is 0.0345. The van der Waals surface area contributed by atoms with Gasteiger partial charge in [0.1, 0.15) is 11.5 Å². The van der Waals surface area contributed by atoms with Gasteiger partial charge in [0.2, 0.25) is 5.83 Å². The average Bonchev–Trinajstić information content (AvgIpc) is 2.65. The second-order valence-electron chi connectivity index (χ2n) is 5.98. The van der Waals surface area contributed by atoms with E-state index in [9.17, 15) is 17.6 Å². The molecule has 0 spiro atoms. The predicted octanol–water partition coefficient (Wildman–Crippen LogP) is 6.69. The molecule has 0 aliphatic carbocycles. The van der Waals surface area contributed by atoms with Crippen molar-refractivity contribution in [3.63, 3.8) is 0 Å². The highest BCUT2D eigenvalue weighted by atomic mass is 19.2. The lowest BCUT2D eigenvalue weighted by atomic mass is 9.92. The number of halogens is 4. The highest BCUT2D eigenvalue weighted by molar-refractivity contribution is 5.44. The van der Waals surface area contributed by atoms with Crippen molar-refractivity contribution in [2.24, 2.45) is 11.8 Å². The van der Waals surface area contributed by atoms with Gasteiger partial charge in [-0.2, -0.15) is 8.78 Å². The molecule has 148 valence electrons. The molecule has 0 saturated carbocycles. The van der Waals surface area contributed by atoms with Gasteiger partial charge in [-0.05, 0) is 24.3 Å². The fraction of sp³-hybridized carbons (Fsp3) is 0.333. The lowest BCUT2D eigenvalue weighted by molar-refractivity contribution is 0.280. The molecule has 0 aromatic rings. The fourth-order valence-corrected chi connectivity index (χ4v) is 1.84. The quantitative estimate of drug-likeness (QED) is 0.208. The molecule has 0 aromatic heterocycles. The lowest BCUT2D eigenvalue weighted by Crippen LogP contribution is -2.04. The first-order chi connectivity index (χ1) is 12.4. The molecule has 2 unspecified atom stereocenters. The van der Waals surface area contributed by atoms with Crippen LogP contribution in [0, 0.1) is 23.7 Å². The molecule has 6 heteroatoms. The van der Waals surface area contributed by atoms with Crippen molar-refractivity contribution in [3.8, 4) is 11.8 Å². The van der Waals surface area contributed by atoms with Crippen LogP contribution in [0.4, 0.5) is 17.6 Å². The number of aliphatic hydroxyl groups is 1. The van der Waals surface area contributed by atoms with Crippen LogP contribution in [0.15, 0.2) is 72.3 Å². The van der Waals surface area contributed by atoms with Crippen molar-refractivity contribution >= 4 is 0 Å². The third-order valence-electron chi connectivity index (χ3n) is 3.77. The maximum Gasteiger partial charge on any atom is 0.200 e. The second-order valence-corrected chi connectivity index (χ2v) is 5.98. The molecule has 0 saturated heterocycles. The Bertz CT molecular complexity index is 748. The summed E-state index contributed by atoms with van der Waals surface area (Å²) in [4.78, 5) is 0. The number of hydrogen-bond acceptors (Lipinski definition) is 2. The first-order valence-electron chi connectivity index (χ1n) is 8.05. The van der Waals surface area contributed by atoms with Gasteiger partial charge in [-0.15, -0.1) is 0 Å². The predicted molar refractivity (Wildman–Crippen MR) is 100 cm³/mol. The molecule has 0 amide bonds. The molecule has 0 aliphatic rings. The number of ether oxygens (including phenoxy) is 1. The lowest BCUT2D eigenvalue weighted by Gasteiger charge is -2.15. The SMILES string of the molecule is C=C(O)/C(F)=C(/F)C(=C)C#CC(C)CCC(C)C(=C)/C(F)=C(/F)C(=C)OC. The highest BCUT2D eigenvalue weighted by Gasteiger charge is 2.19. The highest BCUT2D eigenvalue weighted by Crippen LogP contribution is 2.29. The number of allylic oxidation sites excluding steroid dienone is 6. The Balaban J connectivity index is 4.90. The largest absolute Gasteiger partial charge is 0.505 e. The molecular formula is C21H24F4O2. The number of methoxy groups -OCH3 is 1. The molecule has 2 nitrogen and oxygen atoms in total. The Morgan fingerprint density at radius 3 is 1.96 bits per heavy atom. The maximum atomic E-state index is 14.0. The molecule has 0 bridgehead atoms. The molecule has 0 rings (SSSR count). The van der Waals surface area contributed by atoms with Gasteiger partial charge < -0.3 is 9.84 Å². The van der Waals surface area contributed by atoms with E-state index in [1.807, 2.05) is 0 Å². The van der Waals surface area contributed by atoms with E-state index in [1.165, 1.54) is 7.11 Å². The zero-order valence-corrected chi connectivity index (χ0v) is 15.8.